The van der Waals surface area contributed by atoms with Crippen LogP contribution in [0.5, 0.6) is 11.5 Å². The number of benzene rings is 2. The molecule has 0 aliphatic carbocycles. The number of thiazole rings is 1. The van der Waals surface area contributed by atoms with E-state index in [1.54, 1.807) is 24.5 Å². The van der Waals surface area contributed by atoms with Crippen LogP contribution < -0.4 is 15.0 Å². The first kappa shape index (κ1) is 19.5. The van der Waals surface area contributed by atoms with Crippen LogP contribution >= 0.6 is 22.9 Å². The van der Waals surface area contributed by atoms with Crippen molar-refractivity contribution in [3.8, 4) is 11.5 Å². The van der Waals surface area contributed by atoms with Gasteiger partial charge in [-0.25, -0.2) is 4.98 Å². The maximum Gasteiger partial charge on any atom is 0.230 e. The number of nitrogens with zero attached hydrogens (tertiary/aromatic N) is 3. The molecule has 2 aromatic carbocycles. The molecule has 0 unspecified atom stereocenters. The molecule has 1 aliphatic heterocycles. The Kier molecular flexibility index (Phi) is 5.28. The Hall–Kier alpha value is -3.42. The molecule has 0 saturated heterocycles. The summed E-state index contributed by atoms with van der Waals surface area (Å²) in [5.74, 6) is 1.39. The van der Waals surface area contributed by atoms with Crippen LogP contribution in [-0.4, -0.2) is 15.9 Å². The predicted molar refractivity (Wildman–Crippen MR) is 122 cm³/mol. The molecule has 2 aromatic heterocycles. The fourth-order valence-corrected chi connectivity index (χ4v) is 4.38. The van der Waals surface area contributed by atoms with Gasteiger partial charge in [-0.15, -0.1) is 11.3 Å². The minimum atomic E-state index is -0.129. The summed E-state index contributed by atoms with van der Waals surface area (Å²) in [5.41, 5.74) is 3.29. The molecule has 6 nitrogen and oxygen atoms in total. The van der Waals surface area contributed by atoms with Gasteiger partial charge in [0.25, 0.3) is 0 Å². The van der Waals surface area contributed by atoms with Crippen LogP contribution in [0.4, 0.5) is 16.5 Å². The number of aromatic nitrogens is 2. The van der Waals surface area contributed by atoms with Gasteiger partial charge in [-0.05, 0) is 36.4 Å². The van der Waals surface area contributed by atoms with Crippen molar-refractivity contribution in [1.82, 2.24) is 9.97 Å². The molecule has 1 N–H and O–H groups in total. The Morgan fingerprint density at radius 3 is 2.84 bits per heavy atom. The Balaban J connectivity index is 1.43. The van der Waals surface area contributed by atoms with Crippen molar-refractivity contribution >= 4 is 45.4 Å². The first-order chi connectivity index (χ1) is 15.2. The van der Waals surface area contributed by atoms with Gasteiger partial charge in [-0.3, -0.25) is 9.78 Å². The molecule has 0 bridgehead atoms. The summed E-state index contributed by atoms with van der Waals surface area (Å²) in [6.45, 7) is 0.583. The Bertz CT molecular complexity index is 1250. The van der Waals surface area contributed by atoms with Crippen LogP contribution in [0.3, 0.4) is 0 Å². The monoisotopic (exact) mass is 448 g/mol. The third-order valence-corrected chi connectivity index (χ3v) is 5.96. The summed E-state index contributed by atoms with van der Waals surface area (Å²) < 4.78 is 6.15. The van der Waals surface area contributed by atoms with Crippen molar-refractivity contribution in [2.45, 2.75) is 13.0 Å². The Labute approximate surface area is 188 Å². The first-order valence-corrected chi connectivity index (χ1v) is 10.9. The van der Waals surface area contributed by atoms with Crippen LogP contribution in [0, 0.1) is 0 Å². The van der Waals surface area contributed by atoms with Crippen molar-refractivity contribution in [2.24, 2.45) is 0 Å². The molecule has 0 fully saturated rings. The van der Waals surface area contributed by atoms with Gasteiger partial charge in [0.15, 0.2) is 10.9 Å². The number of nitrogens with one attached hydrogen (secondary N) is 1. The number of ether oxygens (including phenoxy) is 1. The van der Waals surface area contributed by atoms with Crippen LogP contribution in [0.1, 0.15) is 11.3 Å². The first-order valence-electron chi connectivity index (χ1n) is 9.63. The van der Waals surface area contributed by atoms with Gasteiger partial charge >= 0.3 is 0 Å². The Morgan fingerprint density at radius 1 is 1.13 bits per heavy atom. The number of carbonyl (C=O) groups is 1. The number of pyridine rings is 1. The Morgan fingerprint density at radius 2 is 1.97 bits per heavy atom. The van der Waals surface area contributed by atoms with E-state index in [0.717, 1.165) is 22.1 Å². The zero-order chi connectivity index (χ0) is 21.2. The van der Waals surface area contributed by atoms with Gasteiger partial charge in [0, 0.05) is 34.0 Å². The minimum absolute atomic E-state index is 0.129. The molecule has 0 atom stereocenters. The molecule has 8 heteroatoms. The molecular formula is C23H17ClN4O2S. The lowest BCUT2D eigenvalue weighted by Gasteiger charge is -2.21. The lowest BCUT2D eigenvalue weighted by Crippen LogP contribution is -2.17. The lowest BCUT2D eigenvalue weighted by atomic mass is 10.2. The van der Waals surface area contributed by atoms with E-state index >= 15 is 0 Å². The van der Waals surface area contributed by atoms with Crippen LogP contribution in [0.25, 0.3) is 0 Å². The highest BCUT2D eigenvalue weighted by Crippen LogP contribution is 2.44. The van der Waals surface area contributed by atoms with Crippen molar-refractivity contribution in [3.05, 3.63) is 88.7 Å². The SMILES string of the molecule is O=C(Cc1csc(N2Cc3ccccc3Oc3ccc(Cl)cc32)n1)Nc1ccncc1. The van der Waals surface area contributed by atoms with Crippen LogP contribution in [0.15, 0.2) is 72.4 Å². The quantitative estimate of drug-likeness (QED) is 0.426. The van der Waals surface area contributed by atoms with Crippen molar-refractivity contribution in [1.29, 1.82) is 0 Å². The number of amides is 1. The largest absolute Gasteiger partial charge is 0.455 e. The molecule has 0 spiro atoms. The van der Waals surface area contributed by atoms with Gasteiger partial charge in [-0.2, -0.15) is 0 Å². The van der Waals surface area contributed by atoms with E-state index in [-0.39, 0.29) is 12.3 Å². The molecule has 31 heavy (non-hydrogen) atoms. The van der Waals surface area contributed by atoms with E-state index in [1.165, 1.54) is 11.3 Å². The number of anilines is 3. The smallest absolute Gasteiger partial charge is 0.230 e. The summed E-state index contributed by atoms with van der Waals surface area (Å²) in [6.07, 6.45) is 3.46. The number of fused-ring (bicyclic) bond motifs is 2. The van der Waals surface area contributed by atoms with E-state index in [0.29, 0.717) is 28.7 Å². The molecule has 0 radical (unpaired) electrons. The molecule has 154 valence electrons. The predicted octanol–water partition coefficient (Wildman–Crippen LogP) is 5.82. The van der Waals surface area contributed by atoms with E-state index in [4.69, 9.17) is 21.3 Å². The summed E-state index contributed by atoms with van der Waals surface area (Å²) in [6, 6.07) is 17.0. The van der Waals surface area contributed by atoms with Crippen molar-refractivity contribution < 1.29 is 9.53 Å². The zero-order valence-corrected chi connectivity index (χ0v) is 17.9. The lowest BCUT2D eigenvalue weighted by molar-refractivity contribution is -0.115. The third kappa shape index (κ3) is 4.23. The van der Waals surface area contributed by atoms with Crippen molar-refractivity contribution in [2.75, 3.05) is 10.2 Å². The molecule has 1 aliphatic rings. The van der Waals surface area contributed by atoms with E-state index < -0.39 is 0 Å². The molecule has 4 aromatic rings. The average molecular weight is 449 g/mol. The highest BCUT2D eigenvalue weighted by atomic mass is 35.5. The normalized spacial score (nSPS) is 12.4. The second-order valence-electron chi connectivity index (χ2n) is 6.99. The van der Waals surface area contributed by atoms with E-state index in [1.807, 2.05) is 47.8 Å². The van der Waals surface area contributed by atoms with Crippen LogP contribution in [0.2, 0.25) is 5.02 Å². The standard InChI is InChI=1S/C23H17ClN4O2S/c24-16-5-6-21-19(11-16)28(13-15-3-1-2-4-20(15)30-21)23-27-18(14-31-23)12-22(29)26-17-7-9-25-10-8-17/h1-11,14H,12-13H2,(H,25,26,29). The van der Waals surface area contributed by atoms with Gasteiger partial charge in [-0.1, -0.05) is 29.8 Å². The number of halogens is 1. The molecule has 1 amide bonds. The number of hydrogen-bond donors (Lipinski definition) is 1. The third-order valence-electron chi connectivity index (χ3n) is 4.81. The number of hydrogen-bond acceptors (Lipinski definition) is 6. The molecule has 5 rings (SSSR count). The van der Waals surface area contributed by atoms with Gasteiger partial charge in [0.1, 0.15) is 5.75 Å². The van der Waals surface area contributed by atoms with E-state index in [9.17, 15) is 4.79 Å². The molecule has 0 saturated carbocycles. The highest BCUT2D eigenvalue weighted by Gasteiger charge is 2.24. The fourth-order valence-electron chi connectivity index (χ4n) is 3.37. The number of rotatable bonds is 4. The average Bonchev–Trinajstić information content (AvgIpc) is 3.16. The number of carbonyl (C=O) groups excluding carboxylic acids is 1. The molecule has 3 heterocycles. The van der Waals surface area contributed by atoms with E-state index in [2.05, 4.69) is 15.2 Å². The number of para-hydroxylation sites is 1. The van der Waals surface area contributed by atoms with Crippen LogP contribution in [-0.2, 0) is 17.8 Å². The van der Waals surface area contributed by atoms with Crippen molar-refractivity contribution in [3.63, 3.8) is 0 Å². The second-order valence-corrected chi connectivity index (χ2v) is 8.26. The fraction of sp³-hybridized carbons (Fsp3) is 0.0870. The maximum atomic E-state index is 12.4. The summed E-state index contributed by atoms with van der Waals surface area (Å²) in [4.78, 5) is 23.2. The van der Waals surface area contributed by atoms with Gasteiger partial charge in [0.05, 0.1) is 24.3 Å². The summed E-state index contributed by atoms with van der Waals surface area (Å²) >= 11 is 7.77. The van der Waals surface area contributed by atoms with Gasteiger partial charge < -0.3 is 15.0 Å². The second kappa shape index (κ2) is 8.37. The summed E-state index contributed by atoms with van der Waals surface area (Å²) in [7, 11) is 0. The zero-order valence-electron chi connectivity index (χ0n) is 16.3. The molecular weight excluding hydrogens is 432 g/mol. The summed E-state index contributed by atoms with van der Waals surface area (Å²) in [5, 5.41) is 6.16. The van der Waals surface area contributed by atoms with Gasteiger partial charge in [0.2, 0.25) is 5.91 Å². The highest BCUT2D eigenvalue weighted by molar-refractivity contribution is 7.13. The minimum Gasteiger partial charge on any atom is -0.455 e. The maximum absolute atomic E-state index is 12.4. The topological polar surface area (TPSA) is 67.4 Å².